The fourth-order valence-electron chi connectivity index (χ4n) is 3.52. The summed E-state index contributed by atoms with van der Waals surface area (Å²) in [5.41, 5.74) is 1.13. The summed E-state index contributed by atoms with van der Waals surface area (Å²) in [5, 5.41) is 4.28. The summed E-state index contributed by atoms with van der Waals surface area (Å²) < 4.78 is 20.3. The number of thiazole rings is 1. The van der Waals surface area contributed by atoms with Gasteiger partial charge in [0.15, 0.2) is 0 Å². The fraction of sp³-hybridized carbons (Fsp3) is 0.524. The maximum absolute atomic E-state index is 14.7. The molecule has 2 atom stereocenters. The number of nitrogens with one attached hydrogen (secondary N) is 1. The quantitative estimate of drug-likeness (QED) is 0.716. The van der Waals surface area contributed by atoms with Gasteiger partial charge in [0.25, 0.3) is 5.91 Å². The van der Waals surface area contributed by atoms with Crippen LogP contribution in [-0.2, 0) is 4.74 Å². The van der Waals surface area contributed by atoms with Gasteiger partial charge >= 0.3 is 0 Å². The predicted octanol–water partition coefficient (Wildman–Crippen LogP) is 4.56. The molecule has 1 aliphatic heterocycles. The molecule has 1 aromatic carbocycles. The van der Waals surface area contributed by atoms with Gasteiger partial charge in [0, 0.05) is 36.1 Å². The van der Waals surface area contributed by atoms with Crippen LogP contribution in [0.25, 0.3) is 0 Å². The SMILES string of the molecule is Cc1nc(C(C)C)sc1C(=O)NCC(c1c(F)cccc1Cl)N1CCOC(C)C1. The summed E-state index contributed by atoms with van der Waals surface area (Å²) in [7, 11) is 0. The molecule has 0 bridgehead atoms. The van der Waals surface area contributed by atoms with Crippen LogP contribution in [0.1, 0.15) is 58.7 Å². The number of halogens is 2. The van der Waals surface area contributed by atoms with Gasteiger partial charge in [-0.15, -0.1) is 11.3 Å². The first-order valence-corrected chi connectivity index (χ1v) is 11.0. The minimum atomic E-state index is -0.378. The van der Waals surface area contributed by atoms with Crippen molar-refractivity contribution in [3.05, 3.63) is 50.2 Å². The highest BCUT2D eigenvalue weighted by Crippen LogP contribution is 2.31. The fourth-order valence-corrected chi connectivity index (χ4v) is 4.79. The molecule has 1 aromatic heterocycles. The summed E-state index contributed by atoms with van der Waals surface area (Å²) in [6.45, 7) is 10.0. The molecule has 2 heterocycles. The Bertz CT molecular complexity index is 853. The van der Waals surface area contributed by atoms with E-state index < -0.39 is 0 Å². The number of hydrogen-bond donors (Lipinski definition) is 1. The van der Waals surface area contributed by atoms with Crippen LogP contribution in [0.3, 0.4) is 0 Å². The van der Waals surface area contributed by atoms with E-state index in [-0.39, 0.29) is 36.3 Å². The van der Waals surface area contributed by atoms with Gasteiger partial charge in [-0.3, -0.25) is 9.69 Å². The molecular formula is C21H27ClFN3O2S. The Morgan fingerprint density at radius 2 is 2.24 bits per heavy atom. The smallest absolute Gasteiger partial charge is 0.263 e. The number of aromatic nitrogens is 1. The van der Waals surface area contributed by atoms with Crippen LogP contribution in [0.15, 0.2) is 18.2 Å². The largest absolute Gasteiger partial charge is 0.376 e. The van der Waals surface area contributed by atoms with Crippen molar-refractivity contribution in [3.63, 3.8) is 0 Å². The number of rotatable bonds is 6. The lowest BCUT2D eigenvalue weighted by Gasteiger charge is -2.38. The van der Waals surface area contributed by atoms with Gasteiger partial charge in [-0.05, 0) is 26.0 Å². The van der Waals surface area contributed by atoms with E-state index in [2.05, 4.69) is 29.0 Å². The first-order valence-electron chi connectivity index (χ1n) is 9.83. The van der Waals surface area contributed by atoms with Crippen molar-refractivity contribution in [2.45, 2.75) is 45.8 Å². The number of carbonyl (C=O) groups is 1. The number of nitrogens with zero attached hydrogens (tertiary/aromatic N) is 2. The molecule has 1 amide bonds. The Morgan fingerprint density at radius 3 is 2.86 bits per heavy atom. The highest BCUT2D eigenvalue weighted by molar-refractivity contribution is 7.13. The Kier molecular flexibility index (Phi) is 7.27. The lowest BCUT2D eigenvalue weighted by atomic mass is 10.0. The van der Waals surface area contributed by atoms with Gasteiger partial charge in [-0.25, -0.2) is 9.37 Å². The Labute approximate surface area is 180 Å². The van der Waals surface area contributed by atoms with Crippen LogP contribution in [0.4, 0.5) is 4.39 Å². The van der Waals surface area contributed by atoms with Gasteiger partial charge in [0.1, 0.15) is 10.7 Å². The molecule has 29 heavy (non-hydrogen) atoms. The summed E-state index contributed by atoms with van der Waals surface area (Å²) in [4.78, 5) is 20.1. The van der Waals surface area contributed by atoms with Gasteiger partial charge < -0.3 is 10.1 Å². The lowest BCUT2D eigenvalue weighted by molar-refractivity contribution is -0.0346. The molecule has 0 spiro atoms. The Morgan fingerprint density at radius 1 is 1.48 bits per heavy atom. The van der Waals surface area contributed by atoms with Crippen molar-refractivity contribution in [3.8, 4) is 0 Å². The van der Waals surface area contributed by atoms with Crippen molar-refractivity contribution in [2.75, 3.05) is 26.2 Å². The van der Waals surface area contributed by atoms with E-state index in [1.807, 2.05) is 13.8 Å². The topological polar surface area (TPSA) is 54.5 Å². The molecule has 0 radical (unpaired) electrons. The van der Waals surface area contributed by atoms with Gasteiger partial charge in [0.05, 0.1) is 29.5 Å². The summed E-state index contributed by atoms with van der Waals surface area (Å²) in [5.74, 6) is -0.294. The summed E-state index contributed by atoms with van der Waals surface area (Å²) >= 11 is 7.77. The molecule has 5 nitrogen and oxygen atoms in total. The number of amides is 1. The van der Waals surface area contributed by atoms with Crippen LogP contribution in [0, 0.1) is 12.7 Å². The maximum Gasteiger partial charge on any atom is 0.263 e. The number of hydrogen-bond acceptors (Lipinski definition) is 5. The zero-order chi connectivity index (χ0) is 21.1. The van der Waals surface area contributed by atoms with Crippen LogP contribution in [-0.4, -0.2) is 48.1 Å². The standard InChI is InChI=1S/C21H27ClFN3O2S/c1-12(2)21-25-14(4)19(29-21)20(27)24-10-17(26-8-9-28-13(3)11-26)18-15(22)6-5-7-16(18)23/h5-7,12-13,17H,8-11H2,1-4H3,(H,24,27). The molecular weight excluding hydrogens is 413 g/mol. The second-order valence-electron chi connectivity index (χ2n) is 7.66. The Balaban J connectivity index is 1.83. The average molecular weight is 440 g/mol. The highest BCUT2D eigenvalue weighted by atomic mass is 35.5. The van der Waals surface area contributed by atoms with Crippen molar-refractivity contribution in [1.29, 1.82) is 0 Å². The lowest BCUT2D eigenvalue weighted by Crippen LogP contribution is -2.47. The zero-order valence-electron chi connectivity index (χ0n) is 17.2. The molecule has 2 aromatic rings. The van der Waals surface area contributed by atoms with Crippen LogP contribution in [0.2, 0.25) is 5.02 Å². The van der Waals surface area contributed by atoms with E-state index in [1.54, 1.807) is 12.1 Å². The molecule has 1 saturated heterocycles. The molecule has 1 N–H and O–H groups in total. The van der Waals surface area contributed by atoms with Gasteiger partial charge in [-0.2, -0.15) is 0 Å². The molecule has 0 saturated carbocycles. The minimum Gasteiger partial charge on any atom is -0.376 e. The average Bonchev–Trinajstić information content (AvgIpc) is 3.06. The number of carbonyl (C=O) groups excluding carboxylic acids is 1. The van der Waals surface area contributed by atoms with E-state index in [0.29, 0.717) is 35.2 Å². The number of aryl methyl sites for hydroxylation is 1. The zero-order valence-corrected chi connectivity index (χ0v) is 18.7. The van der Waals surface area contributed by atoms with Crippen LogP contribution >= 0.6 is 22.9 Å². The van der Waals surface area contributed by atoms with Gasteiger partial charge in [0.2, 0.25) is 0 Å². The van der Waals surface area contributed by atoms with E-state index in [9.17, 15) is 9.18 Å². The third kappa shape index (κ3) is 5.15. The van der Waals surface area contributed by atoms with Crippen LogP contribution in [0.5, 0.6) is 0 Å². The van der Waals surface area contributed by atoms with E-state index >= 15 is 0 Å². The summed E-state index contributed by atoms with van der Waals surface area (Å²) in [6, 6.07) is 4.30. The van der Waals surface area contributed by atoms with E-state index in [4.69, 9.17) is 16.3 Å². The molecule has 1 aliphatic rings. The maximum atomic E-state index is 14.7. The molecule has 0 aliphatic carbocycles. The third-order valence-electron chi connectivity index (χ3n) is 5.02. The van der Waals surface area contributed by atoms with E-state index in [1.165, 1.54) is 17.4 Å². The molecule has 2 unspecified atom stereocenters. The normalized spacial score (nSPS) is 18.8. The number of morpholine rings is 1. The van der Waals surface area contributed by atoms with E-state index in [0.717, 1.165) is 10.7 Å². The highest BCUT2D eigenvalue weighted by Gasteiger charge is 2.30. The number of ether oxygens (including phenoxy) is 1. The summed E-state index contributed by atoms with van der Waals surface area (Å²) in [6.07, 6.45) is 0.0323. The first kappa shape index (κ1) is 22.2. The van der Waals surface area contributed by atoms with Crippen molar-refractivity contribution >= 4 is 28.8 Å². The first-order chi connectivity index (χ1) is 13.8. The second-order valence-corrected chi connectivity index (χ2v) is 9.10. The molecule has 8 heteroatoms. The van der Waals surface area contributed by atoms with Gasteiger partial charge in [-0.1, -0.05) is 31.5 Å². The molecule has 1 fully saturated rings. The predicted molar refractivity (Wildman–Crippen MR) is 114 cm³/mol. The van der Waals surface area contributed by atoms with Crippen molar-refractivity contribution < 1.29 is 13.9 Å². The number of benzene rings is 1. The third-order valence-corrected chi connectivity index (χ3v) is 6.80. The van der Waals surface area contributed by atoms with Crippen molar-refractivity contribution in [2.24, 2.45) is 0 Å². The molecule has 158 valence electrons. The minimum absolute atomic E-state index is 0.0323. The van der Waals surface area contributed by atoms with Crippen LogP contribution < -0.4 is 5.32 Å². The van der Waals surface area contributed by atoms with Crippen molar-refractivity contribution in [1.82, 2.24) is 15.2 Å². The monoisotopic (exact) mass is 439 g/mol. The second kappa shape index (κ2) is 9.51. The Hall–Kier alpha value is -1.54. The molecule has 3 rings (SSSR count).